The normalized spacial score (nSPS) is 17.2. The number of amides is 1. The maximum Gasteiger partial charge on any atom is 0.237 e. The van der Waals surface area contributed by atoms with E-state index in [4.69, 9.17) is 0 Å². The Morgan fingerprint density at radius 3 is 2.94 bits per heavy atom. The van der Waals surface area contributed by atoms with Gasteiger partial charge in [0.25, 0.3) is 0 Å². The minimum Gasteiger partial charge on any atom is -0.389 e. The lowest BCUT2D eigenvalue weighted by Gasteiger charge is -2.28. The first-order chi connectivity index (χ1) is 7.63. The van der Waals surface area contributed by atoms with Crippen LogP contribution in [0, 0.1) is 0 Å². The van der Waals surface area contributed by atoms with Gasteiger partial charge in [-0.1, -0.05) is 6.07 Å². The first-order valence-corrected chi connectivity index (χ1v) is 6.37. The van der Waals surface area contributed by atoms with Crippen molar-refractivity contribution in [3.63, 3.8) is 0 Å². The molecule has 0 aliphatic carbocycles. The number of anilines is 1. The SMILES string of the molecule is CCN1C(=O)CSc2cc(C(C)O)ccc21. The van der Waals surface area contributed by atoms with Crippen molar-refractivity contribution >= 4 is 23.4 Å². The van der Waals surface area contributed by atoms with Crippen LogP contribution in [-0.4, -0.2) is 23.3 Å². The second-order valence-corrected chi connectivity index (χ2v) is 4.85. The van der Waals surface area contributed by atoms with Crippen LogP contribution in [0.5, 0.6) is 0 Å². The Kier molecular flexibility index (Phi) is 3.21. The summed E-state index contributed by atoms with van der Waals surface area (Å²) in [4.78, 5) is 14.5. The van der Waals surface area contributed by atoms with E-state index in [-0.39, 0.29) is 5.91 Å². The van der Waals surface area contributed by atoms with Gasteiger partial charge in [0.1, 0.15) is 0 Å². The first kappa shape index (κ1) is 11.5. The minimum absolute atomic E-state index is 0.157. The Hall–Kier alpha value is -1.00. The van der Waals surface area contributed by atoms with Crippen LogP contribution in [0.3, 0.4) is 0 Å². The molecule has 0 fully saturated rings. The van der Waals surface area contributed by atoms with E-state index < -0.39 is 6.10 Å². The summed E-state index contributed by atoms with van der Waals surface area (Å²) in [5, 5.41) is 9.51. The average molecular weight is 237 g/mol. The lowest BCUT2D eigenvalue weighted by molar-refractivity contribution is -0.116. The fourth-order valence-electron chi connectivity index (χ4n) is 1.83. The molecule has 1 heterocycles. The molecule has 86 valence electrons. The van der Waals surface area contributed by atoms with Crippen LogP contribution < -0.4 is 4.90 Å². The molecule has 1 aromatic carbocycles. The molecule has 0 aromatic heterocycles. The number of thioether (sulfide) groups is 1. The predicted molar refractivity (Wildman–Crippen MR) is 65.8 cm³/mol. The number of carbonyl (C=O) groups is 1. The van der Waals surface area contributed by atoms with E-state index in [0.717, 1.165) is 16.1 Å². The van der Waals surface area contributed by atoms with Gasteiger partial charge in [-0.15, -0.1) is 11.8 Å². The lowest BCUT2D eigenvalue weighted by atomic mass is 10.1. The zero-order valence-corrected chi connectivity index (χ0v) is 10.3. The molecule has 4 heteroatoms. The zero-order chi connectivity index (χ0) is 11.7. The Labute approximate surface area is 99.5 Å². The average Bonchev–Trinajstić information content (AvgIpc) is 2.28. The molecule has 1 aromatic rings. The van der Waals surface area contributed by atoms with Gasteiger partial charge in [0.15, 0.2) is 0 Å². The van der Waals surface area contributed by atoms with Gasteiger partial charge >= 0.3 is 0 Å². The van der Waals surface area contributed by atoms with E-state index in [9.17, 15) is 9.90 Å². The standard InChI is InChI=1S/C12H15NO2S/c1-3-13-10-5-4-9(8(2)14)6-11(10)16-7-12(13)15/h4-6,8,14H,3,7H2,1-2H3. The molecular formula is C12H15NO2S. The van der Waals surface area contributed by atoms with Gasteiger partial charge in [-0.2, -0.15) is 0 Å². The molecule has 1 aliphatic heterocycles. The molecule has 0 bridgehead atoms. The molecule has 0 saturated heterocycles. The van der Waals surface area contributed by atoms with Crippen molar-refractivity contribution in [1.29, 1.82) is 0 Å². The number of hydrogen-bond acceptors (Lipinski definition) is 3. The number of aliphatic hydroxyl groups is 1. The van der Waals surface area contributed by atoms with E-state index >= 15 is 0 Å². The smallest absolute Gasteiger partial charge is 0.237 e. The number of carbonyl (C=O) groups excluding carboxylic acids is 1. The highest BCUT2D eigenvalue weighted by Crippen LogP contribution is 2.36. The van der Waals surface area contributed by atoms with Gasteiger partial charge in [-0.3, -0.25) is 4.79 Å². The molecule has 1 atom stereocenters. The van der Waals surface area contributed by atoms with Crippen molar-refractivity contribution in [3.8, 4) is 0 Å². The zero-order valence-electron chi connectivity index (χ0n) is 9.43. The van der Waals surface area contributed by atoms with Gasteiger partial charge in [0.05, 0.1) is 17.5 Å². The fourth-order valence-corrected chi connectivity index (χ4v) is 2.81. The van der Waals surface area contributed by atoms with Crippen LogP contribution in [0.15, 0.2) is 23.1 Å². The largest absolute Gasteiger partial charge is 0.389 e. The first-order valence-electron chi connectivity index (χ1n) is 5.38. The molecule has 0 radical (unpaired) electrons. The van der Waals surface area contributed by atoms with Crippen LogP contribution in [-0.2, 0) is 4.79 Å². The van der Waals surface area contributed by atoms with Crippen molar-refractivity contribution in [2.24, 2.45) is 0 Å². The predicted octanol–water partition coefficient (Wildman–Crippen LogP) is 2.20. The van der Waals surface area contributed by atoms with Gasteiger partial charge in [-0.05, 0) is 31.5 Å². The molecule has 1 aliphatic rings. The van der Waals surface area contributed by atoms with Crippen LogP contribution >= 0.6 is 11.8 Å². The Morgan fingerprint density at radius 2 is 2.31 bits per heavy atom. The van der Waals surface area contributed by atoms with Gasteiger partial charge in [0.2, 0.25) is 5.91 Å². The van der Waals surface area contributed by atoms with Crippen molar-refractivity contribution in [2.75, 3.05) is 17.2 Å². The molecular weight excluding hydrogens is 222 g/mol. The molecule has 0 saturated carbocycles. The summed E-state index contributed by atoms with van der Waals surface area (Å²) in [6.45, 7) is 4.42. The van der Waals surface area contributed by atoms with Crippen LogP contribution in [0.4, 0.5) is 5.69 Å². The second-order valence-electron chi connectivity index (χ2n) is 3.83. The summed E-state index contributed by atoms with van der Waals surface area (Å²) in [5.74, 6) is 0.647. The maximum atomic E-state index is 11.7. The van der Waals surface area contributed by atoms with E-state index in [1.807, 2.05) is 25.1 Å². The van der Waals surface area contributed by atoms with Crippen LogP contribution in [0.2, 0.25) is 0 Å². The third-order valence-electron chi connectivity index (χ3n) is 2.73. The number of aliphatic hydroxyl groups excluding tert-OH is 1. The van der Waals surface area contributed by atoms with Gasteiger partial charge in [-0.25, -0.2) is 0 Å². The van der Waals surface area contributed by atoms with Crippen molar-refractivity contribution in [1.82, 2.24) is 0 Å². The third kappa shape index (κ3) is 1.95. The summed E-state index contributed by atoms with van der Waals surface area (Å²) in [6, 6.07) is 5.77. The summed E-state index contributed by atoms with van der Waals surface area (Å²) >= 11 is 1.55. The number of hydrogen-bond donors (Lipinski definition) is 1. The lowest BCUT2D eigenvalue weighted by Crippen LogP contribution is -2.35. The van der Waals surface area contributed by atoms with E-state index in [2.05, 4.69) is 0 Å². The van der Waals surface area contributed by atoms with Gasteiger partial charge < -0.3 is 10.0 Å². The van der Waals surface area contributed by atoms with Crippen molar-refractivity contribution in [2.45, 2.75) is 24.8 Å². The van der Waals surface area contributed by atoms with E-state index in [1.165, 1.54) is 0 Å². The Balaban J connectivity index is 2.42. The van der Waals surface area contributed by atoms with Crippen LogP contribution in [0.1, 0.15) is 25.5 Å². The molecule has 2 rings (SSSR count). The quantitative estimate of drug-likeness (QED) is 0.857. The maximum absolute atomic E-state index is 11.7. The summed E-state index contributed by atoms with van der Waals surface area (Å²) < 4.78 is 0. The number of nitrogens with zero attached hydrogens (tertiary/aromatic N) is 1. The number of rotatable bonds is 2. The minimum atomic E-state index is -0.460. The monoisotopic (exact) mass is 237 g/mol. The van der Waals surface area contributed by atoms with Crippen molar-refractivity contribution < 1.29 is 9.90 Å². The van der Waals surface area contributed by atoms with Gasteiger partial charge in [0, 0.05) is 11.4 Å². The Bertz CT molecular complexity index is 417. The highest BCUT2D eigenvalue weighted by atomic mass is 32.2. The third-order valence-corrected chi connectivity index (χ3v) is 3.75. The Morgan fingerprint density at radius 1 is 1.56 bits per heavy atom. The van der Waals surface area contributed by atoms with E-state index in [0.29, 0.717) is 12.3 Å². The number of fused-ring (bicyclic) bond motifs is 1. The highest BCUT2D eigenvalue weighted by molar-refractivity contribution is 8.00. The second kappa shape index (κ2) is 4.47. The van der Waals surface area contributed by atoms with Crippen LogP contribution in [0.25, 0.3) is 0 Å². The number of benzene rings is 1. The molecule has 1 N–H and O–H groups in total. The molecule has 1 amide bonds. The van der Waals surface area contributed by atoms with Crippen molar-refractivity contribution in [3.05, 3.63) is 23.8 Å². The highest BCUT2D eigenvalue weighted by Gasteiger charge is 2.23. The summed E-state index contributed by atoms with van der Waals surface area (Å²) in [6.07, 6.45) is -0.460. The fraction of sp³-hybridized carbons (Fsp3) is 0.417. The molecule has 3 nitrogen and oxygen atoms in total. The summed E-state index contributed by atoms with van der Waals surface area (Å²) in [7, 11) is 0. The topological polar surface area (TPSA) is 40.5 Å². The summed E-state index contributed by atoms with van der Waals surface area (Å²) in [5.41, 5.74) is 1.87. The molecule has 0 spiro atoms. The molecule has 16 heavy (non-hydrogen) atoms. The van der Waals surface area contributed by atoms with E-state index in [1.54, 1.807) is 23.6 Å². The molecule has 1 unspecified atom stereocenters.